The van der Waals surface area contributed by atoms with E-state index in [-0.39, 0.29) is 53.7 Å². The third-order valence-electron chi connectivity index (χ3n) is 1.56. The summed E-state index contributed by atoms with van der Waals surface area (Å²) in [6.45, 7) is 2.00. The summed E-state index contributed by atoms with van der Waals surface area (Å²) in [4.78, 5) is 0. The molecule has 1 saturated heterocycles. The third kappa shape index (κ3) is 12.4. The summed E-state index contributed by atoms with van der Waals surface area (Å²) in [7, 11) is 0. The van der Waals surface area contributed by atoms with E-state index in [4.69, 9.17) is 4.74 Å². The van der Waals surface area contributed by atoms with Crippen LogP contribution in [0.1, 0.15) is 12.8 Å². The Bertz CT molecular complexity index is 200. The molecule has 1 aliphatic heterocycles. The fraction of sp³-hybridized carbons (Fsp3) is 0.400. The fourth-order valence-corrected chi connectivity index (χ4v) is 0.925. The zero-order valence-corrected chi connectivity index (χ0v) is 11.4. The molecule has 1 aliphatic rings. The number of hydrogen-bond acceptors (Lipinski definition) is 1. The molecule has 1 aromatic carbocycles. The van der Waals surface area contributed by atoms with Crippen LogP contribution >= 0.6 is 0 Å². The molecule has 1 aromatic rings. The van der Waals surface area contributed by atoms with E-state index >= 15 is 0 Å². The maximum absolute atomic E-state index is 11.9. The Hall–Kier alpha value is 0.456. The van der Waals surface area contributed by atoms with Gasteiger partial charge in [-0.15, -0.1) is 0 Å². The van der Waals surface area contributed by atoms with Gasteiger partial charge >= 0.3 is 23.1 Å². The molecule has 2 rings (SSSR count). The molecule has 0 unspecified atom stereocenters. The van der Waals surface area contributed by atoms with Crippen LogP contribution in [0.25, 0.3) is 0 Å². The smallest absolute Gasteiger partial charge is 1.00 e. The molecule has 1 heterocycles. The second kappa shape index (κ2) is 14.5. The van der Waals surface area contributed by atoms with E-state index < -0.39 is 0 Å². The Kier molecular flexibility index (Phi) is 20.1. The minimum Gasteiger partial charge on any atom is -1.00 e. The predicted octanol–water partition coefficient (Wildman–Crippen LogP) is -3.75. The quantitative estimate of drug-likeness (QED) is 0.437. The molecule has 0 radical (unpaired) electrons. The van der Waals surface area contributed by atoms with Crippen molar-refractivity contribution >= 4 is 23.1 Å². The molecule has 0 spiro atoms. The monoisotopic (exact) mass is 262 g/mol. The minimum absolute atomic E-state index is 0. The summed E-state index contributed by atoms with van der Waals surface area (Å²) in [6, 6.07) is 7.94. The summed E-state index contributed by atoms with van der Waals surface area (Å²) in [5.41, 5.74) is 0. The molecule has 15 heavy (non-hydrogen) atoms. The summed E-state index contributed by atoms with van der Waals surface area (Å²) < 4.78 is 16.9. The number of benzene rings is 1. The summed E-state index contributed by atoms with van der Waals surface area (Å²) in [5.74, 6) is -0.178. The van der Waals surface area contributed by atoms with Crippen LogP contribution in [0.15, 0.2) is 30.3 Å². The second-order valence-electron chi connectivity index (χ2n) is 2.62. The van der Waals surface area contributed by atoms with E-state index in [1.165, 1.54) is 25.0 Å². The van der Waals surface area contributed by atoms with Gasteiger partial charge in [0, 0.05) is 13.2 Å². The first-order valence-electron chi connectivity index (χ1n) is 4.18. The number of rotatable bonds is 0. The molecule has 5 heteroatoms. The maximum Gasteiger partial charge on any atom is 2.00 e. The third-order valence-corrected chi connectivity index (χ3v) is 1.56. The number of halogens is 3. The van der Waals surface area contributed by atoms with Crippen molar-refractivity contribution in [3.63, 3.8) is 0 Å². The first kappa shape index (κ1) is 20.8. The fourth-order valence-electron chi connectivity index (χ4n) is 0.925. The Balaban J connectivity index is -0.000000165. The first-order chi connectivity index (χ1) is 5.89. The Morgan fingerprint density at radius 2 is 1.40 bits per heavy atom. The normalized spacial score (nSPS) is 12.1. The van der Waals surface area contributed by atoms with E-state index in [0.29, 0.717) is 0 Å². The van der Waals surface area contributed by atoms with E-state index in [0.717, 1.165) is 13.2 Å². The van der Waals surface area contributed by atoms with Crippen LogP contribution in [0, 0.1) is 5.82 Å². The average Bonchev–Trinajstić information content (AvgIpc) is 2.62. The van der Waals surface area contributed by atoms with Crippen molar-refractivity contribution in [1.82, 2.24) is 0 Å². The van der Waals surface area contributed by atoms with Gasteiger partial charge in [-0.2, -0.15) is 0 Å². The molecule has 0 amide bonds. The number of ether oxygens (including phenoxy) is 1. The van der Waals surface area contributed by atoms with Crippen molar-refractivity contribution < 1.29 is 33.9 Å². The van der Waals surface area contributed by atoms with E-state index in [1.807, 2.05) is 0 Å². The zero-order valence-electron chi connectivity index (χ0n) is 8.46. The maximum atomic E-state index is 11.9. The predicted molar refractivity (Wildman–Crippen MR) is 52.2 cm³/mol. The van der Waals surface area contributed by atoms with Crippen LogP contribution in [0.2, 0.25) is 0 Å². The van der Waals surface area contributed by atoms with Crippen LogP contribution in [0.4, 0.5) is 4.39 Å². The standard InChI is InChI=1S/C6H5F.C4H8O.2ClH.Mg/c7-6-4-2-1-3-5-6;1-2-4-5-3-1;;;/h1-5H;1-4H2;2*1H;/q;;;;+2/p-2. The van der Waals surface area contributed by atoms with Crippen LogP contribution in [-0.4, -0.2) is 36.3 Å². The Morgan fingerprint density at radius 3 is 1.60 bits per heavy atom. The summed E-state index contributed by atoms with van der Waals surface area (Å²) >= 11 is 0. The molecule has 0 aromatic heterocycles. The van der Waals surface area contributed by atoms with Gasteiger partial charge in [0.2, 0.25) is 0 Å². The molecule has 0 N–H and O–H groups in total. The van der Waals surface area contributed by atoms with Gasteiger partial charge in [0.25, 0.3) is 0 Å². The summed E-state index contributed by atoms with van der Waals surface area (Å²) in [5, 5.41) is 0. The van der Waals surface area contributed by atoms with Gasteiger partial charge in [0.1, 0.15) is 5.82 Å². The first-order valence-corrected chi connectivity index (χ1v) is 4.18. The Labute approximate surface area is 119 Å². The van der Waals surface area contributed by atoms with Crippen molar-refractivity contribution in [2.45, 2.75) is 12.8 Å². The molecule has 82 valence electrons. The topological polar surface area (TPSA) is 9.23 Å². The number of hydrogen-bond donors (Lipinski definition) is 0. The Morgan fingerprint density at radius 1 is 0.933 bits per heavy atom. The SMILES string of the molecule is C1CCOC1.Fc1ccccc1.[Cl-].[Cl-].[Mg+2]. The van der Waals surface area contributed by atoms with E-state index in [2.05, 4.69) is 0 Å². The van der Waals surface area contributed by atoms with Gasteiger partial charge in [-0.05, 0) is 25.0 Å². The molecule has 0 bridgehead atoms. The van der Waals surface area contributed by atoms with E-state index in [1.54, 1.807) is 18.2 Å². The minimum atomic E-state index is -0.178. The van der Waals surface area contributed by atoms with E-state index in [9.17, 15) is 4.39 Å². The molecule has 0 aliphatic carbocycles. The van der Waals surface area contributed by atoms with Crippen molar-refractivity contribution in [2.24, 2.45) is 0 Å². The van der Waals surface area contributed by atoms with Gasteiger partial charge < -0.3 is 29.6 Å². The van der Waals surface area contributed by atoms with Crippen molar-refractivity contribution in [3.8, 4) is 0 Å². The zero-order chi connectivity index (χ0) is 8.65. The van der Waals surface area contributed by atoms with Crippen LogP contribution in [-0.2, 0) is 4.74 Å². The van der Waals surface area contributed by atoms with Crippen molar-refractivity contribution in [3.05, 3.63) is 36.1 Å². The molecule has 1 nitrogen and oxygen atoms in total. The molecular weight excluding hydrogens is 250 g/mol. The molecule has 0 atom stereocenters. The average molecular weight is 263 g/mol. The van der Waals surface area contributed by atoms with Gasteiger partial charge in [-0.3, -0.25) is 0 Å². The van der Waals surface area contributed by atoms with Gasteiger partial charge in [0.05, 0.1) is 0 Å². The summed E-state index contributed by atoms with van der Waals surface area (Å²) in [6.07, 6.45) is 2.56. The van der Waals surface area contributed by atoms with Gasteiger partial charge in [-0.25, -0.2) is 4.39 Å². The molecular formula is C10H13Cl2FMgO. The van der Waals surface area contributed by atoms with Gasteiger partial charge in [0.15, 0.2) is 0 Å². The van der Waals surface area contributed by atoms with Crippen LogP contribution in [0.3, 0.4) is 0 Å². The second-order valence-corrected chi connectivity index (χ2v) is 2.62. The van der Waals surface area contributed by atoms with Gasteiger partial charge in [-0.1, -0.05) is 18.2 Å². The largest absolute Gasteiger partial charge is 2.00 e. The van der Waals surface area contributed by atoms with Crippen molar-refractivity contribution in [2.75, 3.05) is 13.2 Å². The van der Waals surface area contributed by atoms with Crippen molar-refractivity contribution in [1.29, 1.82) is 0 Å². The molecule has 0 saturated carbocycles. The van der Waals surface area contributed by atoms with Crippen LogP contribution in [0.5, 0.6) is 0 Å². The van der Waals surface area contributed by atoms with Crippen LogP contribution < -0.4 is 24.8 Å². The molecule has 1 fully saturated rings.